The van der Waals surface area contributed by atoms with Crippen molar-refractivity contribution in [3.63, 3.8) is 0 Å². The quantitative estimate of drug-likeness (QED) is 0.234. The fourth-order valence-electron chi connectivity index (χ4n) is 1.86. The van der Waals surface area contributed by atoms with Crippen LogP contribution in [0.4, 0.5) is 5.69 Å². The molecule has 0 aliphatic heterocycles. The first kappa shape index (κ1) is 24.5. The van der Waals surface area contributed by atoms with Crippen LogP contribution in [0.5, 0.6) is 5.75 Å². The zero-order valence-corrected chi connectivity index (χ0v) is 18.4. The Labute approximate surface area is 173 Å². The molecular weight excluding hydrogens is 447 g/mol. The fraction of sp³-hybridized carbons (Fsp3) is 0.556. The molecular formula is C18H31IN4O3. The van der Waals surface area contributed by atoms with Crippen LogP contribution in [-0.2, 0) is 9.53 Å². The molecule has 0 fully saturated rings. The normalized spacial score (nSPS) is 10.7. The number of carbonyl (C=O) groups excluding carboxylic acids is 1. The summed E-state index contributed by atoms with van der Waals surface area (Å²) in [5.74, 6) is 1.31. The van der Waals surface area contributed by atoms with Gasteiger partial charge in [0, 0.05) is 52.5 Å². The SMILES string of the molecule is CCCNC(=NCC(=O)N(C)C)Nc1cccc(OCCCOC)c1.I. The second-order valence-electron chi connectivity index (χ2n) is 5.73. The molecule has 0 spiro atoms. The van der Waals surface area contributed by atoms with Crippen molar-refractivity contribution in [3.8, 4) is 5.75 Å². The lowest BCUT2D eigenvalue weighted by Crippen LogP contribution is -2.33. The number of aliphatic imine (C=N–C) groups is 1. The van der Waals surface area contributed by atoms with Gasteiger partial charge in [-0.3, -0.25) is 4.79 Å². The Morgan fingerprint density at radius 3 is 2.69 bits per heavy atom. The predicted molar refractivity (Wildman–Crippen MR) is 117 cm³/mol. The van der Waals surface area contributed by atoms with Crippen LogP contribution in [0.1, 0.15) is 19.8 Å². The van der Waals surface area contributed by atoms with E-state index in [2.05, 4.69) is 22.5 Å². The van der Waals surface area contributed by atoms with Crippen LogP contribution < -0.4 is 15.4 Å². The van der Waals surface area contributed by atoms with Gasteiger partial charge in [-0.2, -0.15) is 0 Å². The Bertz CT molecular complexity index is 553. The Morgan fingerprint density at radius 1 is 1.27 bits per heavy atom. The van der Waals surface area contributed by atoms with Crippen LogP contribution in [0.3, 0.4) is 0 Å². The highest BCUT2D eigenvalue weighted by molar-refractivity contribution is 14.0. The Morgan fingerprint density at radius 2 is 2.04 bits per heavy atom. The van der Waals surface area contributed by atoms with Crippen LogP contribution >= 0.6 is 24.0 Å². The summed E-state index contributed by atoms with van der Waals surface area (Å²) in [4.78, 5) is 17.6. The first-order valence-electron chi connectivity index (χ1n) is 8.54. The average molecular weight is 478 g/mol. The number of hydrogen-bond donors (Lipinski definition) is 2. The third-order valence-electron chi connectivity index (χ3n) is 3.27. The van der Waals surface area contributed by atoms with E-state index in [4.69, 9.17) is 9.47 Å². The highest BCUT2D eigenvalue weighted by Gasteiger charge is 2.05. The Kier molecular flexibility index (Phi) is 13.7. The zero-order valence-electron chi connectivity index (χ0n) is 16.1. The highest BCUT2D eigenvalue weighted by Crippen LogP contribution is 2.17. The molecule has 1 amide bonds. The van der Waals surface area contributed by atoms with Gasteiger partial charge in [0.15, 0.2) is 5.96 Å². The number of benzene rings is 1. The first-order chi connectivity index (χ1) is 12.1. The summed E-state index contributed by atoms with van der Waals surface area (Å²) >= 11 is 0. The number of halogens is 1. The van der Waals surface area contributed by atoms with E-state index in [-0.39, 0.29) is 36.4 Å². The van der Waals surface area contributed by atoms with Crippen molar-refractivity contribution in [3.05, 3.63) is 24.3 Å². The molecule has 0 radical (unpaired) electrons. The van der Waals surface area contributed by atoms with Crippen molar-refractivity contribution in [2.45, 2.75) is 19.8 Å². The standard InChI is InChI=1S/C18H30N4O3.HI/c1-5-10-19-18(20-14-17(23)22(2)3)21-15-8-6-9-16(13-15)25-12-7-11-24-4;/h6,8-9,13H,5,7,10-12,14H2,1-4H3,(H2,19,20,21);1H. The van der Waals surface area contributed by atoms with Gasteiger partial charge in [0.25, 0.3) is 0 Å². The predicted octanol–water partition coefficient (Wildman–Crippen LogP) is 2.58. The molecule has 0 bridgehead atoms. The number of carbonyl (C=O) groups is 1. The molecule has 0 aliphatic rings. The molecule has 0 saturated heterocycles. The summed E-state index contributed by atoms with van der Waals surface area (Å²) < 4.78 is 10.7. The number of nitrogens with zero attached hydrogens (tertiary/aromatic N) is 2. The van der Waals surface area contributed by atoms with Gasteiger partial charge in [0.2, 0.25) is 5.91 Å². The van der Waals surface area contributed by atoms with Gasteiger partial charge in [0.1, 0.15) is 12.3 Å². The second kappa shape index (κ2) is 14.6. The third-order valence-corrected chi connectivity index (χ3v) is 3.27. The molecule has 8 heteroatoms. The minimum Gasteiger partial charge on any atom is -0.493 e. The number of likely N-dealkylation sites (N-methyl/N-ethyl adjacent to an activating group) is 1. The van der Waals surface area contributed by atoms with Crippen molar-refractivity contribution in [2.24, 2.45) is 4.99 Å². The largest absolute Gasteiger partial charge is 0.493 e. The molecule has 26 heavy (non-hydrogen) atoms. The van der Waals surface area contributed by atoms with Gasteiger partial charge in [-0.15, -0.1) is 24.0 Å². The van der Waals surface area contributed by atoms with Crippen molar-refractivity contribution in [1.82, 2.24) is 10.2 Å². The summed E-state index contributed by atoms with van der Waals surface area (Å²) in [5.41, 5.74) is 0.851. The lowest BCUT2D eigenvalue weighted by molar-refractivity contribution is -0.127. The number of nitrogens with one attached hydrogen (secondary N) is 2. The molecule has 0 atom stereocenters. The minimum absolute atomic E-state index is 0. The van der Waals surface area contributed by atoms with Gasteiger partial charge in [0.05, 0.1) is 6.61 Å². The maximum atomic E-state index is 11.7. The maximum absolute atomic E-state index is 11.7. The van der Waals surface area contributed by atoms with E-state index in [1.165, 1.54) is 4.90 Å². The molecule has 1 rings (SSSR count). The Balaban J connectivity index is 0.00000625. The molecule has 2 N–H and O–H groups in total. The van der Waals surface area contributed by atoms with Crippen molar-refractivity contribution in [2.75, 3.05) is 52.8 Å². The molecule has 1 aromatic rings. The Hall–Kier alpha value is -1.55. The van der Waals surface area contributed by atoms with Crippen LogP contribution in [0.25, 0.3) is 0 Å². The van der Waals surface area contributed by atoms with Crippen LogP contribution in [-0.4, -0.2) is 64.3 Å². The van der Waals surface area contributed by atoms with E-state index in [1.807, 2.05) is 24.3 Å². The lowest BCUT2D eigenvalue weighted by Gasteiger charge is -2.14. The monoisotopic (exact) mass is 478 g/mol. The number of guanidine groups is 1. The molecule has 1 aromatic carbocycles. The maximum Gasteiger partial charge on any atom is 0.243 e. The zero-order chi connectivity index (χ0) is 18.5. The van der Waals surface area contributed by atoms with Gasteiger partial charge in [-0.1, -0.05) is 13.0 Å². The number of amides is 1. The summed E-state index contributed by atoms with van der Waals surface area (Å²) in [6, 6.07) is 7.66. The number of hydrogen-bond acceptors (Lipinski definition) is 4. The smallest absolute Gasteiger partial charge is 0.243 e. The highest BCUT2D eigenvalue weighted by atomic mass is 127. The van der Waals surface area contributed by atoms with Gasteiger partial charge >= 0.3 is 0 Å². The molecule has 0 aromatic heterocycles. The van der Waals surface area contributed by atoms with E-state index in [0.717, 1.165) is 30.8 Å². The molecule has 0 saturated carbocycles. The van der Waals surface area contributed by atoms with E-state index in [1.54, 1.807) is 21.2 Å². The topological polar surface area (TPSA) is 75.2 Å². The van der Waals surface area contributed by atoms with Crippen LogP contribution in [0.2, 0.25) is 0 Å². The summed E-state index contributed by atoms with van der Waals surface area (Å²) in [5, 5.41) is 6.42. The number of anilines is 1. The van der Waals surface area contributed by atoms with Crippen LogP contribution in [0.15, 0.2) is 29.3 Å². The summed E-state index contributed by atoms with van der Waals surface area (Å²) in [6.45, 7) is 4.22. The van der Waals surface area contributed by atoms with Crippen molar-refractivity contribution >= 4 is 41.5 Å². The van der Waals surface area contributed by atoms with Gasteiger partial charge in [-0.25, -0.2) is 4.99 Å². The molecule has 148 valence electrons. The molecule has 0 heterocycles. The molecule has 0 unspecified atom stereocenters. The summed E-state index contributed by atoms with van der Waals surface area (Å²) in [6.07, 6.45) is 1.80. The number of methoxy groups -OCH3 is 1. The summed E-state index contributed by atoms with van der Waals surface area (Å²) in [7, 11) is 5.11. The van der Waals surface area contributed by atoms with Crippen molar-refractivity contribution < 1.29 is 14.3 Å². The number of ether oxygens (including phenoxy) is 2. The van der Waals surface area contributed by atoms with Gasteiger partial charge in [-0.05, 0) is 18.6 Å². The lowest BCUT2D eigenvalue weighted by atomic mass is 10.3. The van der Waals surface area contributed by atoms with Crippen LogP contribution in [0, 0.1) is 0 Å². The van der Waals surface area contributed by atoms with E-state index in [0.29, 0.717) is 19.2 Å². The third kappa shape index (κ3) is 10.4. The van der Waals surface area contributed by atoms with Crippen molar-refractivity contribution in [1.29, 1.82) is 0 Å². The van der Waals surface area contributed by atoms with E-state index < -0.39 is 0 Å². The molecule has 7 nitrogen and oxygen atoms in total. The second-order valence-corrected chi connectivity index (χ2v) is 5.73. The van der Waals surface area contributed by atoms with Gasteiger partial charge < -0.3 is 25.0 Å². The first-order valence-corrected chi connectivity index (χ1v) is 8.54. The minimum atomic E-state index is -0.0483. The number of rotatable bonds is 10. The fourth-order valence-corrected chi connectivity index (χ4v) is 1.86. The average Bonchev–Trinajstić information content (AvgIpc) is 2.61. The van der Waals surface area contributed by atoms with E-state index in [9.17, 15) is 4.79 Å². The van der Waals surface area contributed by atoms with E-state index >= 15 is 0 Å². The molecule has 0 aliphatic carbocycles.